The van der Waals surface area contributed by atoms with E-state index >= 15 is 0 Å². The molecule has 0 unspecified atom stereocenters. The van der Waals surface area contributed by atoms with Crippen LogP contribution >= 0.6 is 11.3 Å². The number of aromatic nitrogens is 1. The van der Waals surface area contributed by atoms with Crippen LogP contribution < -0.4 is 14.9 Å². The summed E-state index contributed by atoms with van der Waals surface area (Å²) < 4.78 is 17.5. The van der Waals surface area contributed by atoms with Crippen molar-refractivity contribution in [3.63, 3.8) is 0 Å². The molecule has 2 aromatic rings. The number of carbonyl (C=O) groups is 1. The van der Waals surface area contributed by atoms with E-state index in [9.17, 15) is 4.79 Å². The minimum absolute atomic E-state index is 0.163. The average Bonchev–Trinajstić information content (AvgIpc) is 3.50. The second kappa shape index (κ2) is 27.5. The van der Waals surface area contributed by atoms with Gasteiger partial charge < -0.3 is 14.2 Å². The molecule has 7 nitrogen and oxygen atoms in total. The van der Waals surface area contributed by atoms with Crippen LogP contribution in [0.3, 0.4) is 0 Å². The van der Waals surface area contributed by atoms with Crippen LogP contribution in [-0.2, 0) is 16.0 Å². The van der Waals surface area contributed by atoms with Crippen LogP contribution in [0.25, 0.3) is 0 Å². The highest BCUT2D eigenvalue weighted by molar-refractivity contribution is 7.13. The van der Waals surface area contributed by atoms with Gasteiger partial charge in [0.05, 0.1) is 38.1 Å². The summed E-state index contributed by atoms with van der Waals surface area (Å²) in [5, 5.41) is 6.84. The SMILES string of the molecule is CCCCCCCCCCCCOc1ccc(C=NNc2nc(CC(=O)OCC)cs2)cc1OCCCCCCCCCCCC. The number of hydrazone groups is 1. The number of ether oxygens (including phenoxy) is 3. The van der Waals surface area contributed by atoms with E-state index in [1.807, 2.05) is 23.6 Å². The number of thiazole rings is 1. The molecule has 0 saturated heterocycles. The summed E-state index contributed by atoms with van der Waals surface area (Å²) in [5.74, 6) is 1.30. The molecule has 0 radical (unpaired) electrons. The third-order valence-corrected chi connectivity index (χ3v) is 8.83. The second-order valence-corrected chi connectivity index (χ2v) is 13.1. The molecule has 1 N–H and O–H groups in total. The topological polar surface area (TPSA) is 82.0 Å². The monoisotopic (exact) mass is 657 g/mol. The first-order valence-electron chi connectivity index (χ1n) is 18.4. The zero-order chi connectivity index (χ0) is 32.9. The molecule has 0 amide bonds. The zero-order valence-electron chi connectivity index (χ0n) is 29.3. The molecule has 0 bridgehead atoms. The zero-order valence-corrected chi connectivity index (χ0v) is 30.1. The lowest BCUT2D eigenvalue weighted by Gasteiger charge is -2.14. The highest BCUT2D eigenvalue weighted by Gasteiger charge is 2.09. The Morgan fingerprint density at radius 1 is 0.739 bits per heavy atom. The molecule has 0 fully saturated rings. The lowest BCUT2D eigenvalue weighted by molar-refractivity contribution is -0.142. The first-order valence-corrected chi connectivity index (χ1v) is 19.3. The Hall–Kier alpha value is -2.61. The van der Waals surface area contributed by atoms with E-state index in [0.29, 0.717) is 30.6 Å². The van der Waals surface area contributed by atoms with Gasteiger partial charge in [-0.1, -0.05) is 129 Å². The van der Waals surface area contributed by atoms with Crippen LogP contribution in [0.5, 0.6) is 11.5 Å². The summed E-state index contributed by atoms with van der Waals surface area (Å²) in [6.07, 6.45) is 28.0. The number of esters is 1. The molecule has 1 aromatic heterocycles. The number of hydrogen-bond donors (Lipinski definition) is 1. The number of nitrogens with one attached hydrogen (secondary N) is 1. The maximum Gasteiger partial charge on any atom is 0.311 e. The maximum absolute atomic E-state index is 11.7. The second-order valence-electron chi connectivity index (χ2n) is 12.3. The van der Waals surface area contributed by atoms with Crippen molar-refractivity contribution < 1.29 is 19.0 Å². The molecule has 46 heavy (non-hydrogen) atoms. The van der Waals surface area contributed by atoms with Gasteiger partial charge in [0.1, 0.15) is 0 Å². The molecule has 8 heteroatoms. The van der Waals surface area contributed by atoms with Crippen LogP contribution in [0, 0.1) is 0 Å². The van der Waals surface area contributed by atoms with E-state index < -0.39 is 0 Å². The molecule has 0 spiro atoms. The smallest absolute Gasteiger partial charge is 0.311 e. The van der Waals surface area contributed by atoms with Crippen molar-refractivity contribution in [2.75, 3.05) is 25.2 Å². The predicted molar refractivity (Wildman–Crippen MR) is 195 cm³/mol. The van der Waals surface area contributed by atoms with Crippen LogP contribution in [-0.4, -0.2) is 37.0 Å². The van der Waals surface area contributed by atoms with Gasteiger partial charge in [0, 0.05) is 5.38 Å². The quantitative estimate of drug-likeness (QED) is 0.0390. The van der Waals surface area contributed by atoms with Gasteiger partial charge in [-0.3, -0.25) is 10.2 Å². The van der Waals surface area contributed by atoms with Crippen molar-refractivity contribution >= 4 is 28.7 Å². The number of nitrogens with zero attached hydrogens (tertiary/aromatic N) is 2. The fourth-order valence-electron chi connectivity index (χ4n) is 5.34. The fourth-order valence-corrected chi connectivity index (χ4v) is 6.00. The molecule has 0 aliphatic rings. The molecular weight excluding hydrogens is 595 g/mol. The Kier molecular flexibility index (Phi) is 23.7. The van der Waals surface area contributed by atoms with E-state index in [1.165, 1.54) is 127 Å². The van der Waals surface area contributed by atoms with Crippen molar-refractivity contribution in [2.24, 2.45) is 5.10 Å². The highest BCUT2D eigenvalue weighted by Crippen LogP contribution is 2.29. The van der Waals surface area contributed by atoms with Gasteiger partial charge in [0.25, 0.3) is 0 Å². The largest absolute Gasteiger partial charge is 0.490 e. The van der Waals surface area contributed by atoms with Gasteiger partial charge in [-0.05, 0) is 43.5 Å². The van der Waals surface area contributed by atoms with Gasteiger partial charge in [0.2, 0.25) is 5.13 Å². The van der Waals surface area contributed by atoms with Crippen molar-refractivity contribution in [1.82, 2.24) is 4.98 Å². The third kappa shape index (κ3) is 19.8. The van der Waals surface area contributed by atoms with E-state index in [-0.39, 0.29) is 12.4 Å². The van der Waals surface area contributed by atoms with Gasteiger partial charge in [-0.25, -0.2) is 4.98 Å². The van der Waals surface area contributed by atoms with E-state index in [4.69, 9.17) is 14.2 Å². The molecular formula is C38H63N3O4S. The summed E-state index contributed by atoms with van der Waals surface area (Å²) in [5.41, 5.74) is 4.56. The standard InChI is InChI=1S/C38H63N3O4S/c1-4-7-9-11-13-15-17-19-21-23-27-44-35-26-25-33(31-39-41-38-40-34(32-46-38)30-37(42)43-6-3)29-36(35)45-28-24-22-20-18-16-14-12-10-8-5-2/h25-26,29,31-32H,4-24,27-28,30H2,1-3H3,(H,40,41). The van der Waals surface area contributed by atoms with Crippen molar-refractivity contribution in [3.8, 4) is 11.5 Å². The van der Waals surface area contributed by atoms with Crippen LogP contribution in [0.2, 0.25) is 0 Å². The van der Waals surface area contributed by atoms with E-state index in [2.05, 4.69) is 29.4 Å². The molecule has 260 valence electrons. The first kappa shape index (κ1) is 39.6. The van der Waals surface area contributed by atoms with Gasteiger partial charge in [-0.2, -0.15) is 5.10 Å². The van der Waals surface area contributed by atoms with Crippen molar-refractivity contribution in [2.45, 2.75) is 156 Å². The molecule has 0 aliphatic heterocycles. The lowest BCUT2D eigenvalue weighted by Crippen LogP contribution is -2.07. The van der Waals surface area contributed by atoms with Crippen LogP contribution in [0.1, 0.15) is 160 Å². The van der Waals surface area contributed by atoms with Crippen molar-refractivity contribution in [3.05, 3.63) is 34.8 Å². The summed E-state index contributed by atoms with van der Waals surface area (Å²) in [6, 6.07) is 6.00. The molecule has 1 aromatic carbocycles. The highest BCUT2D eigenvalue weighted by atomic mass is 32.1. The number of benzene rings is 1. The number of hydrogen-bond acceptors (Lipinski definition) is 8. The van der Waals surface area contributed by atoms with Gasteiger partial charge in [-0.15, -0.1) is 11.3 Å². The summed E-state index contributed by atoms with van der Waals surface area (Å²) >= 11 is 1.41. The number of rotatable bonds is 30. The molecule has 0 atom stereocenters. The molecule has 2 rings (SSSR count). The Labute approximate surface area is 284 Å². The van der Waals surface area contributed by atoms with Crippen LogP contribution in [0.4, 0.5) is 5.13 Å². The van der Waals surface area contributed by atoms with E-state index in [0.717, 1.165) is 29.9 Å². The first-order chi connectivity index (χ1) is 22.7. The minimum atomic E-state index is -0.274. The molecule has 1 heterocycles. The summed E-state index contributed by atoms with van der Waals surface area (Å²) in [6.45, 7) is 8.10. The Bertz CT molecular complexity index is 1060. The lowest BCUT2D eigenvalue weighted by atomic mass is 10.1. The Balaban J connectivity index is 1.80. The number of carbonyl (C=O) groups excluding carboxylic acids is 1. The average molecular weight is 658 g/mol. The van der Waals surface area contributed by atoms with Gasteiger partial charge >= 0.3 is 5.97 Å². The Morgan fingerprint density at radius 3 is 1.80 bits per heavy atom. The summed E-state index contributed by atoms with van der Waals surface area (Å²) in [4.78, 5) is 16.1. The van der Waals surface area contributed by atoms with Crippen molar-refractivity contribution in [1.29, 1.82) is 0 Å². The van der Waals surface area contributed by atoms with E-state index in [1.54, 1.807) is 13.1 Å². The molecule has 0 aliphatic carbocycles. The van der Waals surface area contributed by atoms with Crippen LogP contribution in [0.15, 0.2) is 28.7 Å². The predicted octanol–water partition coefficient (Wildman–Crippen LogP) is 11.3. The third-order valence-electron chi connectivity index (χ3n) is 8.04. The number of unbranched alkanes of at least 4 members (excludes halogenated alkanes) is 18. The summed E-state index contributed by atoms with van der Waals surface area (Å²) in [7, 11) is 0. The normalized spacial score (nSPS) is 11.3. The Morgan fingerprint density at radius 2 is 1.26 bits per heavy atom. The maximum atomic E-state index is 11.7. The fraction of sp³-hybridized carbons (Fsp3) is 0.711. The minimum Gasteiger partial charge on any atom is -0.490 e. The van der Waals surface area contributed by atoms with Gasteiger partial charge in [0.15, 0.2) is 11.5 Å². The number of anilines is 1. The molecule has 0 saturated carbocycles.